The van der Waals surface area contributed by atoms with Crippen LogP contribution in [0.5, 0.6) is 0 Å². The lowest BCUT2D eigenvalue weighted by Gasteiger charge is -2.17. The van der Waals surface area contributed by atoms with Gasteiger partial charge in [0.15, 0.2) is 0 Å². The largest absolute Gasteiger partial charge is 0.383 e. The number of sulfonamides is 1. The van der Waals surface area contributed by atoms with Crippen LogP contribution in [-0.4, -0.2) is 60.4 Å². The van der Waals surface area contributed by atoms with Crippen LogP contribution >= 0.6 is 12.4 Å². The zero-order chi connectivity index (χ0) is 19.2. The van der Waals surface area contributed by atoms with E-state index in [0.29, 0.717) is 37.5 Å². The third-order valence-electron chi connectivity index (χ3n) is 4.11. The highest BCUT2D eigenvalue weighted by Gasteiger charge is 2.30. The smallest absolute Gasteiger partial charge is 0.253 e. The Hall–Kier alpha value is -1.43. The van der Waals surface area contributed by atoms with Crippen LogP contribution in [0.3, 0.4) is 0 Å². The predicted molar refractivity (Wildman–Crippen MR) is 106 cm³/mol. The second kappa shape index (κ2) is 10.8. The summed E-state index contributed by atoms with van der Waals surface area (Å²) < 4.78 is 36.9. The second-order valence-corrected chi connectivity index (χ2v) is 7.77. The van der Waals surface area contributed by atoms with E-state index in [1.807, 2.05) is 0 Å². The van der Waals surface area contributed by atoms with Crippen molar-refractivity contribution in [1.82, 2.24) is 4.72 Å². The van der Waals surface area contributed by atoms with E-state index in [9.17, 15) is 13.2 Å². The Balaban J connectivity index is 0.00000364. The van der Waals surface area contributed by atoms with Crippen molar-refractivity contribution in [1.29, 1.82) is 0 Å². The van der Waals surface area contributed by atoms with Gasteiger partial charge in [0.25, 0.3) is 5.91 Å². The summed E-state index contributed by atoms with van der Waals surface area (Å²) in [4.78, 5) is 12.5. The fourth-order valence-corrected chi connectivity index (χ4v) is 3.39. The average molecular weight is 423 g/mol. The number of nitrogens with two attached hydrogens (primary N) is 1. The maximum atomic E-state index is 12.5. The number of methoxy groups -OCH3 is 1. The monoisotopic (exact) mass is 422 g/mol. The molecule has 2 atom stereocenters. The Morgan fingerprint density at radius 1 is 1.33 bits per heavy atom. The molecular formula is C16H27ClN4O5S. The van der Waals surface area contributed by atoms with Gasteiger partial charge in [-0.2, -0.15) is 0 Å². The highest BCUT2D eigenvalue weighted by Crippen LogP contribution is 2.27. The van der Waals surface area contributed by atoms with Gasteiger partial charge in [-0.15, -0.1) is 12.4 Å². The lowest BCUT2D eigenvalue weighted by atomic mass is 10.2. The van der Waals surface area contributed by atoms with Crippen molar-refractivity contribution in [3.63, 3.8) is 0 Å². The molecule has 1 heterocycles. The first kappa shape index (κ1) is 23.6. The Labute approximate surface area is 165 Å². The summed E-state index contributed by atoms with van der Waals surface area (Å²) >= 11 is 0. The van der Waals surface area contributed by atoms with Crippen molar-refractivity contribution >= 4 is 39.7 Å². The molecule has 5 N–H and O–H groups in total. The van der Waals surface area contributed by atoms with Crippen LogP contribution in [-0.2, 0) is 24.3 Å². The van der Waals surface area contributed by atoms with Crippen molar-refractivity contribution < 1.29 is 22.7 Å². The minimum atomic E-state index is -3.63. The van der Waals surface area contributed by atoms with Crippen LogP contribution in [0.2, 0.25) is 0 Å². The summed E-state index contributed by atoms with van der Waals surface area (Å²) in [6.07, 6.45) is 0.581. The third-order valence-corrected chi connectivity index (χ3v) is 5.52. The molecule has 1 aromatic rings. The topological polar surface area (TPSA) is 132 Å². The van der Waals surface area contributed by atoms with Crippen molar-refractivity contribution in [2.75, 3.05) is 44.5 Å². The molecule has 0 radical (unpaired) electrons. The zero-order valence-electron chi connectivity index (χ0n) is 15.4. The van der Waals surface area contributed by atoms with Crippen LogP contribution in [0, 0.1) is 0 Å². The molecule has 1 amide bonds. The van der Waals surface area contributed by atoms with Gasteiger partial charge in [-0.1, -0.05) is 0 Å². The van der Waals surface area contributed by atoms with Crippen molar-refractivity contribution in [2.45, 2.75) is 29.9 Å². The first-order valence-corrected chi connectivity index (χ1v) is 9.86. The molecule has 2 rings (SSSR count). The molecule has 0 bridgehead atoms. The first-order chi connectivity index (χ1) is 12.4. The number of carbonyl (C=O) groups is 1. The fourth-order valence-electron chi connectivity index (χ4n) is 2.64. The van der Waals surface area contributed by atoms with E-state index in [1.165, 1.54) is 19.2 Å². The van der Waals surface area contributed by atoms with Gasteiger partial charge in [0.1, 0.15) is 6.10 Å². The van der Waals surface area contributed by atoms with E-state index in [-0.39, 0.29) is 29.3 Å². The number of halogens is 1. The minimum absolute atomic E-state index is 0. The molecule has 0 spiro atoms. The predicted octanol–water partition coefficient (Wildman–Crippen LogP) is 0.520. The molecular weight excluding hydrogens is 396 g/mol. The van der Waals surface area contributed by atoms with Crippen LogP contribution in [0.25, 0.3) is 0 Å². The Morgan fingerprint density at radius 3 is 2.67 bits per heavy atom. The van der Waals surface area contributed by atoms with Crippen LogP contribution < -0.4 is 21.1 Å². The number of benzene rings is 1. The van der Waals surface area contributed by atoms with Crippen molar-refractivity contribution in [2.24, 2.45) is 5.73 Å². The Bertz CT molecular complexity index is 732. The van der Waals surface area contributed by atoms with E-state index >= 15 is 0 Å². The molecule has 154 valence electrons. The Kier molecular flexibility index (Phi) is 9.43. The summed E-state index contributed by atoms with van der Waals surface area (Å²) in [5.74, 6) is -0.324. The summed E-state index contributed by atoms with van der Waals surface area (Å²) in [6, 6.07) is 4.48. The number of hydrogen-bond acceptors (Lipinski definition) is 7. The number of ether oxygens (including phenoxy) is 2. The molecule has 0 saturated carbocycles. The van der Waals surface area contributed by atoms with Crippen molar-refractivity contribution in [3.8, 4) is 0 Å². The SMILES string of the molecule is CNS(=O)(=O)c1ccc(NCCOC)c(NC(=O)[C@@H]2CC[C@H](CN)O2)c1.Cl. The molecule has 27 heavy (non-hydrogen) atoms. The van der Waals surface area contributed by atoms with Crippen LogP contribution in [0.4, 0.5) is 11.4 Å². The van der Waals surface area contributed by atoms with Gasteiger partial charge in [0, 0.05) is 20.2 Å². The van der Waals surface area contributed by atoms with Gasteiger partial charge in [-0.3, -0.25) is 4.79 Å². The summed E-state index contributed by atoms with van der Waals surface area (Å²) in [5, 5.41) is 5.87. The molecule has 0 aromatic heterocycles. The standard InChI is InChI=1S/C16H26N4O5S.ClH/c1-18-26(22,23)12-4-5-13(19-7-8-24-2)14(9-12)20-16(21)15-6-3-11(10-17)25-15;/h4-5,9,11,15,18-19H,3,6-8,10,17H2,1-2H3,(H,20,21);1H/t11-,15+;/m1./s1. The molecule has 1 aromatic carbocycles. The molecule has 1 fully saturated rings. The van der Waals surface area contributed by atoms with E-state index in [2.05, 4.69) is 15.4 Å². The minimum Gasteiger partial charge on any atom is -0.383 e. The number of amides is 1. The highest BCUT2D eigenvalue weighted by molar-refractivity contribution is 7.89. The van der Waals surface area contributed by atoms with Gasteiger partial charge in [0.05, 0.1) is 29.0 Å². The highest BCUT2D eigenvalue weighted by atomic mass is 35.5. The van der Waals surface area contributed by atoms with Crippen molar-refractivity contribution in [3.05, 3.63) is 18.2 Å². The van der Waals surface area contributed by atoms with E-state index in [0.717, 1.165) is 6.42 Å². The average Bonchev–Trinajstić information content (AvgIpc) is 3.12. The summed E-state index contributed by atoms with van der Waals surface area (Å²) in [6.45, 7) is 1.34. The van der Waals surface area contributed by atoms with E-state index in [1.54, 1.807) is 13.2 Å². The maximum absolute atomic E-state index is 12.5. The van der Waals surface area contributed by atoms with Gasteiger partial charge in [-0.05, 0) is 38.1 Å². The van der Waals surface area contributed by atoms with E-state index < -0.39 is 16.1 Å². The molecule has 0 aliphatic carbocycles. The third kappa shape index (κ3) is 6.30. The fraction of sp³-hybridized carbons (Fsp3) is 0.562. The van der Waals surface area contributed by atoms with Crippen LogP contribution in [0.1, 0.15) is 12.8 Å². The molecule has 1 saturated heterocycles. The molecule has 0 unspecified atom stereocenters. The first-order valence-electron chi connectivity index (χ1n) is 8.38. The number of carbonyl (C=O) groups excluding carboxylic acids is 1. The normalized spacial score (nSPS) is 19.4. The zero-order valence-corrected chi connectivity index (χ0v) is 17.0. The van der Waals surface area contributed by atoms with Gasteiger partial charge in [0.2, 0.25) is 10.0 Å². The summed E-state index contributed by atoms with van der Waals surface area (Å²) in [5.41, 5.74) is 6.53. The number of rotatable bonds is 9. The number of nitrogens with one attached hydrogen (secondary N) is 3. The lowest BCUT2D eigenvalue weighted by Crippen LogP contribution is -2.30. The van der Waals surface area contributed by atoms with Crippen LogP contribution in [0.15, 0.2) is 23.1 Å². The maximum Gasteiger partial charge on any atom is 0.253 e. The molecule has 11 heteroatoms. The second-order valence-electron chi connectivity index (χ2n) is 5.88. The number of hydrogen-bond donors (Lipinski definition) is 4. The van der Waals surface area contributed by atoms with Gasteiger partial charge < -0.3 is 25.8 Å². The molecule has 9 nitrogen and oxygen atoms in total. The van der Waals surface area contributed by atoms with E-state index in [4.69, 9.17) is 15.2 Å². The number of anilines is 2. The molecule has 1 aliphatic heterocycles. The van der Waals surface area contributed by atoms with Gasteiger partial charge in [-0.25, -0.2) is 13.1 Å². The quantitative estimate of drug-likeness (QED) is 0.426. The Morgan fingerprint density at radius 2 is 2.07 bits per heavy atom. The summed E-state index contributed by atoms with van der Waals surface area (Å²) in [7, 11) is -0.719. The van der Waals surface area contributed by atoms with Gasteiger partial charge >= 0.3 is 0 Å². The lowest BCUT2D eigenvalue weighted by molar-refractivity contribution is -0.126. The molecule has 1 aliphatic rings.